The molecule has 0 spiro atoms. The quantitative estimate of drug-likeness (QED) is 0.540. The second kappa shape index (κ2) is 6.44. The Kier molecular flexibility index (Phi) is 4.95. The second-order valence-electron chi connectivity index (χ2n) is 3.08. The van der Waals surface area contributed by atoms with Gasteiger partial charge in [-0.25, -0.2) is 0 Å². The van der Waals surface area contributed by atoms with Gasteiger partial charge in [-0.1, -0.05) is 42.5 Å². The van der Waals surface area contributed by atoms with Crippen molar-refractivity contribution in [1.82, 2.24) is 0 Å². The Morgan fingerprint density at radius 2 is 1.85 bits per heavy atom. The number of allylic oxidation sites excluding steroid dienone is 1. The molecule has 0 saturated heterocycles. The first kappa shape index (κ1) is 10.0. The standard InChI is InChI=1S/C12H17N/c13-11-7-2-1-4-8-12-9-5-3-6-10-12/h2-3,5-7,9-10H,1,4,8,11,13H2/b7-2+. The third-order valence-corrected chi connectivity index (χ3v) is 1.98. The molecule has 70 valence electrons. The Labute approximate surface area is 80.3 Å². The van der Waals surface area contributed by atoms with Gasteiger partial charge in [-0.2, -0.15) is 0 Å². The normalized spacial score (nSPS) is 10.8. The fraction of sp³-hybridized carbons (Fsp3) is 0.333. The van der Waals surface area contributed by atoms with Crippen LogP contribution in [0.4, 0.5) is 0 Å². The first-order valence-corrected chi connectivity index (χ1v) is 4.82. The number of aryl methyl sites for hydroxylation is 1. The van der Waals surface area contributed by atoms with Gasteiger partial charge >= 0.3 is 0 Å². The summed E-state index contributed by atoms with van der Waals surface area (Å²) in [5.41, 5.74) is 6.76. The van der Waals surface area contributed by atoms with Crippen molar-refractivity contribution in [3.63, 3.8) is 0 Å². The van der Waals surface area contributed by atoms with Gasteiger partial charge in [0.1, 0.15) is 0 Å². The van der Waals surface area contributed by atoms with E-state index in [1.54, 1.807) is 0 Å². The second-order valence-corrected chi connectivity index (χ2v) is 3.08. The van der Waals surface area contributed by atoms with Crippen molar-refractivity contribution in [2.45, 2.75) is 19.3 Å². The molecule has 0 aliphatic heterocycles. The maximum Gasteiger partial charge on any atom is 0.0106 e. The molecule has 1 heteroatoms. The number of hydrogen-bond donors (Lipinski definition) is 1. The number of benzene rings is 1. The largest absolute Gasteiger partial charge is 0.327 e. The molecule has 1 aromatic rings. The van der Waals surface area contributed by atoms with Gasteiger partial charge in [0.2, 0.25) is 0 Å². The summed E-state index contributed by atoms with van der Waals surface area (Å²) >= 11 is 0. The minimum Gasteiger partial charge on any atom is -0.327 e. The molecule has 1 nitrogen and oxygen atoms in total. The highest BCUT2D eigenvalue weighted by molar-refractivity contribution is 5.14. The van der Waals surface area contributed by atoms with E-state index < -0.39 is 0 Å². The van der Waals surface area contributed by atoms with Gasteiger partial charge in [-0.05, 0) is 24.8 Å². The molecule has 0 aliphatic rings. The molecule has 0 atom stereocenters. The third kappa shape index (κ3) is 4.48. The Morgan fingerprint density at radius 1 is 1.08 bits per heavy atom. The smallest absolute Gasteiger partial charge is 0.0106 e. The molecule has 0 saturated carbocycles. The predicted molar refractivity (Wildman–Crippen MR) is 57.6 cm³/mol. The van der Waals surface area contributed by atoms with Crippen molar-refractivity contribution in [3.8, 4) is 0 Å². The van der Waals surface area contributed by atoms with Gasteiger partial charge in [-0.15, -0.1) is 0 Å². The van der Waals surface area contributed by atoms with E-state index >= 15 is 0 Å². The zero-order valence-electron chi connectivity index (χ0n) is 7.95. The Morgan fingerprint density at radius 3 is 2.54 bits per heavy atom. The summed E-state index contributed by atoms with van der Waals surface area (Å²) in [6.45, 7) is 0.658. The molecule has 0 unspecified atom stereocenters. The molecule has 0 aromatic heterocycles. The summed E-state index contributed by atoms with van der Waals surface area (Å²) in [7, 11) is 0. The van der Waals surface area contributed by atoms with Crippen LogP contribution in [-0.2, 0) is 6.42 Å². The lowest BCUT2D eigenvalue weighted by Crippen LogP contribution is -1.92. The van der Waals surface area contributed by atoms with Crippen molar-refractivity contribution in [2.24, 2.45) is 5.73 Å². The fourth-order valence-electron chi connectivity index (χ4n) is 1.28. The highest BCUT2D eigenvalue weighted by Crippen LogP contribution is 2.04. The van der Waals surface area contributed by atoms with Crippen molar-refractivity contribution < 1.29 is 0 Å². The van der Waals surface area contributed by atoms with E-state index in [0.29, 0.717) is 6.54 Å². The van der Waals surface area contributed by atoms with Gasteiger partial charge in [0, 0.05) is 6.54 Å². The van der Waals surface area contributed by atoms with Crippen LogP contribution in [0.15, 0.2) is 42.5 Å². The topological polar surface area (TPSA) is 26.0 Å². The molecule has 0 aliphatic carbocycles. The Bertz CT molecular complexity index is 239. The van der Waals surface area contributed by atoms with Crippen LogP contribution >= 0.6 is 0 Å². The summed E-state index contributed by atoms with van der Waals surface area (Å²) in [4.78, 5) is 0. The van der Waals surface area contributed by atoms with Gasteiger partial charge in [0.05, 0.1) is 0 Å². The molecule has 1 rings (SSSR count). The van der Waals surface area contributed by atoms with Gasteiger partial charge in [0.25, 0.3) is 0 Å². The van der Waals surface area contributed by atoms with E-state index in [2.05, 4.69) is 36.4 Å². The Balaban J connectivity index is 2.17. The lowest BCUT2D eigenvalue weighted by Gasteiger charge is -1.97. The first-order chi connectivity index (χ1) is 6.43. The zero-order chi connectivity index (χ0) is 9.36. The van der Waals surface area contributed by atoms with E-state index in [9.17, 15) is 0 Å². The summed E-state index contributed by atoms with van der Waals surface area (Å²) in [6.07, 6.45) is 7.68. The van der Waals surface area contributed by atoms with Crippen LogP contribution in [0.2, 0.25) is 0 Å². The fourth-order valence-corrected chi connectivity index (χ4v) is 1.28. The van der Waals surface area contributed by atoms with Gasteiger partial charge in [0.15, 0.2) is 0 Å². The van der Waals surface area contributed by atoms with E-state index in [1.807, 2.05) is 6.08 Å². The number of hydrogen-bond acceptors (Lipinski definition) is 1. The summed E-state index contributed by atoms with van der Waals surface area (Å²) in [5, 5.41) is 0. The molecule has 2 N–H and O–H groups in total. The van der Waals surface area contributed by atoms with Crippen LogP contribution in [-0.4, -0.2) is 6.54 Å². The maximum atomic E-state index is 5.34. The number of unbranched alkanes of at least 4 members (excludes halogenated alkanes) is 1. The van der Waals surface area contributed by atoms with Crippen molar-refractivity contribution >= 4 is 0 Å². The average molecular weight is 175 g/mol. The predicted octanol–water partition coefficient (Wildman–Crippen LogP) is 2.52. The molecule has 0 heterocycles. The zero-order valence-corrected chi connectivity index (χ0v) is 7.95. The van der Waals surface area contributed by atoms with Crippen LogP contribution in [0.1, 0.15) is 18.4 Å². The molecule has 0 fully saturated rings. The summed E-state index contributed by atoms with van der Waals surface area (Å²) in [6, 6.07) is 10.6. The molecule has 0 amide bonds. The van der Waals surface area contributed by atoms with Crippen molar-refractivity contribution in [2.75, 3.05) is 6.54 Å². The van der Waals surface area contributed by atoms with Gasteiger partial charge < -0.3 is 5.73 Å². The van der Waals surface area contributed by atoms with Crippen molar-refractivity contribution in [1.29, 1.82) is 0 Å². The van der Waals surface area contributed by atoms with Crippen LogP contribution in [0.5, 0.6) is 0 Å². The first-order valence-electron chi connectivity index (χ1n) is 4.82. The maximum absolute atomic E-state index is 5.34. The average Bonchev–Trinajstić information content (AvgIpc) is 2.19. The molecule has 1 aromatic carbocycles. The van der Waals surface area contributed by atoms with E-state index in [-0.39, 0.29) is 0 Å². The molecular weight excluding hydrogens is 158 g/mol. The molecule has 13 heavy (non-hydrogen) atoms. The van der Waals surface area contributed by atoms with E-state index in [4.69, 9.17) is 5.73 Å². The van der Waals surface area contributed by atoms with Gasteiger partial charge in [-0.3, -0.25) is 0 Å². The monoisotopic (exact) mass is 175 g/mol. The lowest BCUT2D eigenvalue weighted by molar-refractivity contribution is 0.841. The molecular formula is C12H17N. The van der Waals surface area contributed by atoms with E-state index in [0.717, 1.165) is 12.8 Å². The lowest BCUT2D eigenvalue weighted by atomic mass is 10.1. The third-order valence-electron chi connectivity index (χ3n) is 1.98. The molecule has 0 radical (unpaired) electrons. The minimum atomic E-state index is 0.658. The van der Waals surface area contributed by atoms with Crippen LogP contribution < -0.4 is 5.73 Å². The number of nitrogens with two attached hydrogens (primary N) is 1. The molecule has 0 bridgehead atoms. The summed E-state index contributed by atoms with van der Waals surface area (Å²) in [5.74, 6) is 0. The summed E-state index contributed by atoms with van der Waals surface area (Å²) < 4.78 is 0. The Hall–Kier alpha value is -1.08. The van der Waals surface area contributed by atoms with E-state index in [1.165, 1.54) is 12.0 Å². The highest BCUT2D eigenvalue weighted by atomic mass is 14.5. The highest BCUT2D eigenvalue weighted by Gasteiger charge is 1.88. The van der Waals surface area contributed by atoms with Crippen LogP contribution in [0.25, 0.3) is 0 Å². The SMILES string of the molecule is NC/C=C/CCCc1ccccc1. The minimum absolute atomic E-state index is 0.658. The van der Waals surface area contributed by atoms with Crippen molar-refractivity contribution in [3.05, 3.63) is 48.0 Å². The van der Waals surface area contributed by atoms with Crippen LogP contribution in [0, 0.1) is 0 Å². The van der Waals surface area contributed by atoms with Crippen LogP contribution in [0.3, 0.4) is 0 Å². The number of rotatable bonds is 5.